The highest BCUT2D eigenvalue weighted by atomic mass is 16.5. The number of aromatic nitrogens is 2. The molecule has 0 atom stereocenters. The molecular weight excluding hydrogens is 294 g/mol. The first-order chi connectivity index (χ1) is 11.3. The van der Waals surface area contributed by atoms with E-state index >= 15 is 0 Å². The van der Waals surface area contributed by atoms with Crippen LogP contribution in [0.1, 0.15) is 5.69 Å². The summed E-state index contributed by atoms with van der Waals surface area (Å²) in [6.07, 6.45) is 1.88. The van der Waals surface area contributed by atoms with Gasteiger partial charge in [0, 0.05) is 65.7 Å². The maximum atomic E-state index is 5.39. The van der Waals surface area contributed by atoms with E-state index in [2.05, 4.69) is 19.7 Å². The lowest BCUT2D eigenvalue weighted by atomic mass is 10.3. The molecule has 3 heterocycles. The molecule has 0 N–H and O–H groups in total. The zero-order valence-corrected chi connectivity index (χ0v) is 14.0. The number of ether oxygens (including phenoxy) is 2. The van der Waals surface area contributed by atoms with Gasteiger partial charge in [-0.2, -0.15) is 0 Å². The van der Waals surface area contributed by atoms with E-state index in [4.69, 9.17) is 14.5 Å². The maximum absolute atomic E-state index is 5.39. The highest BCUT2D eigenvalue weighted by Gasteiger charge is 2.18. The number of piperazine rings is 1. The van der Waals surface area contributed by atoms with Gasteiger partial charge in [0.15, 0.2) is 0 Å². The summed E-state index contributed by atoms with van der Waals surface area (Å²) in [5.74, 6) is 0.838. The number of hydrogen-bond acceptors (Lipinski definition) is 7. The molecule has 0 bridgehead atoms. The average Bonchev–Trinajstić information content (AvgIpc) is 2.62. The third-order valence-electron chi connectivity index (χ3n) is 4.46. The normalized spacial score (nSPS) is 20.8. The molecule has 23 heavy (non-hydrogen) atoms. The highest BCUT2D eigenvalue weighted by molar-refractivity contribution is 5.30. The number of anilines is 1. The van der Waals surface area contributed by atoms with E-state index in [0.717, 1.165) is 83.8 Å². The number of methoxy groups -OCH3 is 1. The van der Waals surface area contributed by atoms with Crippen LogP contribution in [-0.4, -0.2) is 92.5 Å². The second-order valence-electron chi connectivity index (χ2n) is 6.06. The summed E-state index contributed by atoms with van der Waals surface area (Å²) in [4.78, 5) is 16.3. The molecule has 0 aromatic carbocycles. The molecule has 0 unspecified atom stereocenters. The molecular formula is C16H27N5O2. The van der Waals surface area contributed by atoms with E-state index in [0.29, 0.717) is 0 Å². The molecule has 0 amide bonds. The Morgan fingerprint density at radius 1 is 1.09 bits per heavy atom. The molecule has 1 aromatic rings. The highest BCUT2D eigenvalue weighted by Crippen LogP contribution is 2.12. The van der Waals surface area contributed by atoms with Crippen LogP contribution in [0.15, 0.2) is 12.3 Å². The van der Waals surface area contributed by atoms with Gasteiger partial charge in [-0.3, -0.25) is 9.80 Å². The van der Waals surface area contributed by atoms with E-state index in [-0.39, 0.29) is 0 Å². The molecule has 0 radical (unpaired) electrons. The Morgan fingerprint density at radius 3 is 2.57 bits per heavy atom. The van der Waals surface area contributed by atoms with Crippen LogP contribution in [0.3, 0.4) is 0 Å². The fourth-order valence-corrected chi connectivity index (χ4v) is 3.01. The van der Waals surface area contributed by atoms with Gasteiger partial charge in [0.05, 0.1) is 25.5 Å². The lowest BCUT2D eigenvalue weighted by molar-refractivity contribution is 0.0932. The average molecular weight is 321 g/mol. The Kier molecular flexibility index (Phi) is 6.15. The number of morpholine rings is 1. The van der Waals surface area contributed by atoms with Crippen LogP contribution in [0.4, 0.5) is 5.95 Å². The minimum absolute atomic E-state index is 0.761. The Labute approximate surface area is 138 Å². The second-order valence-corrected chi connectivity index (χ2v) is 6.06. The molecule has 2 aliphatic heterocycles. The van der Waals surface area contributed by atoms with E-state index in [9.17, 15) is 0 Å². The molecule has 7 nitrogen and oxygen atoms in total. The van der Waals surface area contributed by atoms with Crippen molar-refractivity contribution in [1.82, 2.24) is 19.8 Å². The van der Waals surface area contributed by atoms with Crippen molar-refractivity contribution in [3.63, 3.8) is 0 Å². The summed E-state index contributed by atoms with van der Waals surface area (Å²) in [6.45, 7) is 10.4. The maximum Gasteiger partial charge on any atom is 0.225 e. The summed E-state index contributed by atoms with van der Waals surface area (Å²) in [5, 5.41) is 0. The zero-order valence-electron chi connectivity index (χ0n) is 14.0. The molecule has 3 rings (SSSR count). The molecule has 128 valence electrons. The Hall–Kier alpha value is -1.28. The first-order valence-electron chi connectivity index (χ1n) is 8.43. The lowest BCUT2D eigenvalue weighted by Crippen LogP contribution is -2.46. The predicted octanol–water partition coefficient (Wildman–Crippen LogP) is 0.0772. The molecule has 1 aromatic heterocycles. The Bertz CT molecular complexity index is 473. The monoisotopic (exact) mass is 321 g/mol. The summed E-state index contributed by atoms with van der Waals surface area (Å²) >= 11 is 0. The van der Waals surface area contributed by atoms with Crippen LogP contribution >= 0.6 is 0 Å². The minimum Gasteiger partial charge on any atom is -0.383 e. The van der Waals surface area contributed by atoms with Gasteiger partial charge in [-0.05, 0) is 6.07 Å². The van der Waals surface area contributed by atoms with E-state index < -0.39 is 0 Å². The van der Waals surface area contributed by atoms with Gasteiger partial charge in [0.25, 0.3) is 0 Å². The molecule has 2 aliphatic rings. The zero-order chi connectivity index (χ0) is 15.9. The van der Waals surface area contributed by atoms with E-state index in [1.54, 1.807) is 7.11 Å². The van der Waals surface area contributed by atoms with Crippen molar-refractivity contribution in [1.29, 1.82) is 0 Å². The molecule has 0 spiro atoms. The third-order valence-corrected chi connectivity index (χ3v) is 4.46. The first-order valence-corrected chi connectivity index (χ1v) is 8.43. The van der Waals surface area contributed by atoms with Gasteiger partial charge in [0.2, 0.25) is 5.95 Å². The molecule has 2 fully saturated rings. The van der Waals surface area contributed by atoms with Crippen LogP contribution in [-0.2, 0) is 16.0 Å². The van der Waals surface area contributed by atoms with Crippen molar-refractivity contribution in [3.05, 3.63) is 18.0 Å². The van der Waals surface area contributed by atoms with Gasteiger partial charge in [-0.25, -0.2) is 9.97 Å². The van der Waals surface area contributed by atoms with E-state index in [1.165, 1.54) is 0 Å². The van der Waals surface area contributed by atoms with Crippen LogP contribution in [0.2, 0.25) is 0 Å². The molecule has 0 aliphatic carbocycles. The third kappa shape index (κ3) is 4.84. The van der Waals surface area contributed by atoms with Crippen LogP contribution in [0.5, 0.6) is 0 Å². The van der Waals surface area contributed by atoms with Gasteiger partial charge in [0.1, 0.15) is 0 Å². The van der Waals surface area contributed by atoms with Crippen LogP contribution in [0, 0.1) is 0 Å². The van der Waals surface area contributed by atoms with Gasteiger partial charge >= 0.3 is 0 Å². The summed E-state index contributed by atoms with van der Waals surface area (Å²) in [6, 6.07) is 2.03. The first kappa shape index (κ1) is 16.6. The summed E-state index contributed by atoms with van der Waals surface area (Å²) in [7, 11) is 1.76. The fraction of sp³-hybridized carbons (Fsp3) is 0.750. The summed E-state index contributed by atoms with van der Waals surface area (Å²) < 4.78 is 10.5. The topological polar surface area (TPSA) is 54.0 Å². The van der Waals surface area contributed by atoms with Crippen LogP contribution in [0.25, 0.3) is 0 Å². The van der Waals surface area contributed by atoms with Crippen molar-refractivity contribution < 1.29 is 9.47 Å². The van der Waals surface area contributed by atoms with Gasteiger partial charge in [-0.1, -0.05) is 0 Å². The van der Waals surface area contributed by atoms with Crippen molar-refractivity contribution in [3.8, 4) is 0 Å². The smallest absolute Gasteiger partial charge is 0.225 e. The minimum atomic E-state index is 0.761. The van der Waals surface area contributed by atoms with Gasteiger partial charge < -0.3 is 14.4 Å². The van der Waals surface area contributed by atoms with Crippen LogP contribution < -0.4 is 4.90 Å². The second kappa shape index (κ2) is 8.54. The van der Waals surface area contributed by atoms with Gasteiger partial charge in [-0.15, -0.1) is 0 Å². The number of hydrogen-bond donors (Lipinski definition) is 0. The number of nitrogens with zero attached hydrogens (tertiary/aromatic N) is 5. The van der Waals surface area contributed by atoms with Crippen molar-refractivity contribution in [2.24, 2.45) is 0 Å². The molecule has 0 saturated carbocycles. The summed E-state index contributed by atoms with van der Waals surface area (Å²) in [5.41, 5.74) is 1.10. The van der Waals surface area contributed by atoms with E-state index in [1.807, 2.05) is 12.3 Å². The van der Waals surface area contributed by atoms with Crippen molar-refractivity contribution >= 4 is 5.95 Å². The van der Waals surface area contributed by atoms with Crippen molar-refractivity contribution in [2.75, 3.05) is 77.6 Å². The largest absolute Gasteiger partial charge is 0.383 e. The van der Waals surface area contributed by atoms with Crippen molar-refractivity contribution in [2.45, 2.75) is 6.54 Å². The predicted molar refractivity (Wildman–Crippen MR) is 88.7 cm³/mol. The standard InChI is InChI=1S/C16H27N5O2/c1-22-11-8-19-4-6-20(7-5-19)14-15-2-3-17-16(18-15)21-9-12-23-13-10-21/h2-3H,4-14H2,1H3. The Morgan fingerprint density at radius 2 is 1.83 bits per heavy atom. The molecule has 2 saturated heterocycles. The SMILES string of the molecule is COCCN1CCN(Cc2ccnc(N3CCOCC3)n2)CC1. The molecule has 7 heteroatoms. The lowest BCUT2D eigenvalue weighted by Gasteiger charge is -2.34. The quantitative estimate of drug-likeness (QED) is 0.735. The fourth-order valence-electron chi connectivity index (χ4n) is 3.01. The number of rotatable bonds is 6. The Balaban J connectivity index is 1.50.